The molecule has 0 N–H and O–H groups in total. The molecule has 1 aromatic carbocycles. The molecule has 3 aromatic rings. The summed E-state index contributed by atoms with van der Waals surface area (Å²) in [5.41, 5.74) is 1.77. The van der Waals surface area contributed by atoms with Crippen LogP contribution in [0.4, 0.5) is 17.6 Å². The van der Waals surface area contributed by atoms with E-state index in [1.165, 1.54) is 33.2 Å². The van der Waals surface area contributed by atoms with Gasteiger partial charge in [-0.15, -0.1) is 13.2 Å². The summed E-state index contributed by atoms with van der Waals surface area (Å²) in [6, 6.07) is 7.89. The third-order valence-electron chi connectivity index (χ3n) is 4.99. The fourth-order valence-electron chi connectivity index (χ4n) is 3.43. The first-order valence-corrected chi connectivity index (χ1v) is 11.4. The largest absolute Gasteiger partial charge is 0.574 e. The van der Waals surface area contributed by atoms with Gasteiger partial charge in [-0.1, -0.05) is 18.2 Å². The molecule has 4 rings (SSSR count). The van der Waals surface area contributed by atoms with Gasteiger partial charge in [0.25, 0.3) is 0 Å². The Hall–Kier alpha value is -3.54. The molecule has 2 unspecified atom stereocenters. The molecule has 0 radical (unpaired) electrons. The molecule has 0 fully saturated rings. The van der Waals surface area contributed by atoms with Gasteiger partial charge in [0.05, 0.1) is 18.0 Å². The van der Waals surface area contributed by atoms with Crippen molar-refractivity contribution in [1.82, 2.24) is 19.7 Å². The average Bonchev–Trinajstić information content (AvgIpc) is 3.40. The van der Waals surface area contributed by atoms with Crippen LogP contribution in [0.25, 0.3) is 11.1 Å². The van der Waals surface area contributed by atoms with Crippen LogP contribution in [-0.2, 0) is 28.7 Å². The predicted molar refractivity (Wildman–Crippen MR) is 115 cm³/mol. The highest BCUT2D eigenvalue weighted by Crippen LogP contribution is 2.23. The molecule has 12 heteroatoms. The maximum Gasteiger partial charge on any atom is 0.574 e. The van der Waals surface area contributed by atoms with Crippen molar-refractivity contribution in [2.45, 2.75) is 25.5 Å². The number of carbonyl (C=O) groups is 1. The lowest BCUT2D eigenvalue weighted by atomic mass is 10.1. The lowest BCUT2D eigenvalue weighted by Gasteiger charge is -2.28. The van der Waals surface area contributed by atoms with Gasteiger partial charge >= 0.3 is 6.36 Å². The molecule has 1 amide bonds. The van der Waals surface area contributed by atoms with E-state index < -0.39 is 29.1 Å². The van der Waals surface area contributed by atoms with Crippen molar-refractivity contribution in [2.24, 2.45) is 0 Å². The standard InChI is InChI=1S/C22H18F4N4O3S/c23-18-3-1-16(2-4-18)17-10-28-29(12-17)13-21(31)30(19-6-8-34(32)14-19)11-15-5-7-27-20(9-15)33-22(24,25)26/h1-10,12,19H,11,13-14H2. The number of pyridine rings is 1. The van der Waals surface area contributed by atoms with Gasteiger partial charge in [0, 0.05) is 46.8 Å². The second-order valence-electron chi connectivity index (χ2n) is 7.45. The van der Waals surface area contributed by atoms with E-state index in [9.17, 15) is 26.6 Å². The second-order valence-corrected chi connectivity index (χ2v) is 8.82. The van der Waals surface area contributed by atoms with Gasteiger partial charge in [0.1, 0.15) is 12.4 Å². The Labute approximate surface area is 194 Å². The lowest BCUT2D eigenvalue weighted by molar-refractivity contribution is -0.276. The van der Waals surface area contributed by atoms with Crippen LogP contribution in [0.2, 0.25) is 0 Å². The second kappa shape index (κ2) is 9.75. The number of hydrogen-bond donors (Lipinski definition) is 0. The zero-order chi connectivity index (χ0) is 24.3. The maximum atomic E-state index is 13.2. The number of aromatic nitrogens is 3. The third-order valence-corrected chi connectivity index (χ3v) is 6.12. The smallest absolute Gasteiger partial charge is 0.388 e. The first-order valence-electron chi connectivity index (χ1n) is 10.0. The van der Waals surface area contributed by atoms with Crippen molar-refractivity contribution in [3.63, 3.8) is 0 Å². The highest BCUT2D eigenvalue weighted by atomic mass is 32.2. The molecule has 0 saturated carbocycles. The van der Waals surface area contributed by atoms with E-state index in [4.69, 9.17) is 0 Å². The highest BCUT2D eigenvalue weighted by molar-refractivity contribution is 7.88. The summed E-state index contributed by atoms with van der Waals surface area (Å²) in [6.07, 6.45) is 1.07. The lowest BCUT2D eigenvalue weighted by Crippen LogP contribution is -2.41. The van der Waals surface area contributed by atoms with Gasteiger partial charge in [-0.2, -0.15) is 5.10 Å². The van der Waals surface area contributed by atoms with E-state index in [-0.39, 0.29) is 30.6 Å². The topological polar surface area (TPSA) is 77.3 Å². The normalized spacial score (nSPS) is 17.6. The summed E-state index contributed by atoms with van der Waals surface area (Å²) in [5, 5.41) is 5.67. The summed E-state index contributed by atoms with van der Waals surface area (Å²) in [4.78, 5) is 18.1. The van der Waals surface area contributed by atoms with Crippen LogP contribution >= 0.6 is 0 Å². The van der Waals surface area contributed by atoms with E-state index >= 15 is 0 Å². The number of amides is 1. The molecule has 178 valence electrons. The monoisotopic (exact) mass is 494 g/mol. The number of rotatable bonds is 7. The average molecular weight is 494 g/mol. The third kappa shape index (κ3) is 6.07. The van der Waals surface area contributed by atoms with Gasteiger partial charge < -0.3 is 9.64 Å². The van der Waals surface area contributed by atoms with E-state index in [0.717, 1.165) is 17.8 Å². The summed E-state index contributed by atoms with van der Waals surface area (Å²) < 4.78 is 67.9. The quantitative estimate of drug-likeness (QED) is 0.469. The fourth-order valence-corrected chi connectivity index (χ4v) is 4.53. The molecular formula is C22H18F4N4O3S. The van der Waals surface area contributed by atoms with Crippen molar-refractivity contribution in [1.29, 1.82) is 0 Å². The van der Waals surface area contributed by atoms with Gasteiger partial charge in [-0.3, -0.25) is 13.7 Å². The molecule has 7 nitrogen and oxygen atoms in total. The Morgan fingerprint density at radius 2 is 1.97 bits per heavy atom. The van der Waals surface area contributed by atoms with E-state index in [0.29, 0.717) is 11.1 Å². The van der Waals surface area contributed by atoms with Crippen molar-refractivity contribution in [2.75, 3.05) is 5.75 Å². The Kier molecular flexibility index (Phi) is 6.77. The van der Waals surface area contributed by atoms with Crippen LogP contribution in [0, 0.1) is 5.82 Å². The van der Waals surface area contributed by atoms with E-state index in [1.54, 1.807) is 30.6 Å². The Morgan fingerprint density at radius 1 is 1.21 bits per heavy atom. The number of ether oxygens (including phenoxy) is 1. The van der Waals surface area contributed by atoms with Gasteiger partial charge in [0.2, 0.25) is 11.8 Å². The maximum absolute atomic E-state index is 13.2. The fraction of sp³-hybridized carbons (Fsp3) is 0.227. The molecule has 0 spiro atoms. The number of benzene rings is 1. The minimum absolute atomic E-state index is 0.0478. The molecule has 0 aliphatic carbocycles. The van der Waals surface area contributed by atoms with Crippen molar-refractivity contribution < 1.29 is 31.3 Å². The number of halogens is 4. The Bertz CT molecular complexity index is 1230. The predicted octanol–water partition coefficient (Wildman–Crippen LogP) is 3.66. The summed E-state index contributed by atoms with van der Waals surface area (Å²) >= 11 is 0. The number of hydrogen-bond acceptors (Lipinski definition) is 5. The molecule has 0 saturated heterocycles. The summed E-state index contributed by atoms with van der Waals surface area (Å²) in [5.74, 6) is -1.21. The van der Waals surface area contributed by atoms with Crippen LogP contribution in [0.1, 0.15) is 5.56 Å². The number of alkyl halides is 3. The molecular weight excluding hydrogens is 476 g/mol. The number of carbonyl (C=O) groups excluding carboxylic acids is 1. The molecule has 0 bridgehead atoms. The minimum atomic E-state index is -4.89. The van der Waals surface area contributed by atoms with Crippen LogP contribution in [0.3, 0.4) is 0 Å². The minimum Gasteiger partial charge on any atom is -0.388 e. The molecule has 2 atom stereocenters. The van der Waals surface area contributed by atoms with Gasteiger partial charge in [-0.05, 0) is 29.3 Å². The molecule has 34 heavy (non-hydrogen) atoms. The zero-order valence-corrected chi connectivity index (χ0v) is 18.3. The Morgan fingerprint density at radius 3 is 2.65 bits per heavy atom. The molecule has 1 aliphatic heterocycles. The van der Waals surface area contributed by atoms with Crippen LogP contribution in [0.15, 0.2) is 66.5 Å². The van der Waals surface area contributed by atoms with Crippen molar-refractivity contribution in [3.8, 4) is 17.0 Å². The summed E-state index contributed by atoms with van der Waals surface area (Å²) in [6.45, 7) is -0.205. The first-order chi connectivity index (χ1) is 16.2. The SMILES string of the molecule is O=C(Cn1cc(-c2ccc(F)cc2)cn1)N(Cc1ccnc(OC(F)(F)F)c1)C1C=CS(=O)C1. The zero-order valence-electron chi connectivity index (χ0n) is 17.5. The van der Waals surface area contributed by atoms with Crippen LogP contribution in [0.5, 0.6) is 5.88 Å². The Balaban J connectivity index is 1.52. The molecule has 3 heterocycles. The van der Waals surface area contributed by atoms with Crippen molar-refractivity contribution in [3.05, 3.63) is 77.9 Å². The van der Waals surface area contributed by atoms with Gasteiger partial charge in [0.15, 0.2) is 0 Å². The summed E-state index contributed by atoms with van der Waals surface area (Å²) in [7, 11) is -1.25. The van der Waals surface area contributed by atoms with Crippen LogP contribution < -0.4 is 4.74 Å². The van der Waals surface area contributed by atoms with E-state index in [1.807, 2.05) is 0 Å². The first kappa shape index (κ1) is 23.6. The molecule has 1 aliphatic rings. The van der Waals surface area contributed by atoms with Gasteiger partial charge in [-0.25, -0.2) is 9.37 Å². The van der Waals surface area contributed by atoms with E-state index in [2.05, 4.69) is 14.8 Å². The number of nitrogens with zero attached hydrogens (tertiary/aromatic N) is 4. The van der Waals surface area contributed by atoms with Crippen molar-refractivity contribution >= 4 is 16.7 Å². The molecule has 2 aromatic heterocycles. The van der Waals surface area contributed by atoms with Crippen LogP contribution in [-0.4, -0.2) is 47.9 Å². The highest BCUT2D eigenvalue weighted by Gasteiger charge is 2.32.